The Kier molecular flexibility index (Phi) is 5.73. The maximum atomic E-state index is 12.1. The van der Waals surface area contributed by atoms with E-state index in [0.717, 1.165) is 17.8 Å². The largest absolute Gasteiger partial charge is 0.487 e. The Balaban J connectivity index is 1.83. The van der Waals surface area contributed by atoms with Crippen LogP contribution in [0.4, 0.5) is 0 Å². The number of nitrogens with zero attached hydrogens (tertiary/aromatic N) is 3. The van der Waals surface area contributed by atoms with E-state index < -0.39 is 0 Å². The van der Waals surface area contributed by atoms with Crippen LogP contribution in [0.25, 0.3) is 0 Å². The lowest BCUT2D eigenvalue weighted by Gasteiger charge is -2.15. The summed E-state index contributed by atoms with van der Waals surface area (Å²) < 4.78 is 7.44. The summed E-state index contributed by atoms with van der Waals surface area (Å²) in [6.07, 6.45) is 4.14. The van der Waals surface area contributed by atoms with Crippen LogP contribution in [0.15, 0.2) is 24.5 Å². The van der Waals surface area contributed by atoms with Gasteiger partial charge in [-0.05, 0) is 44.9 Å². The van der Waals surface area contributed by atoms with Gasteiger partial charge in [-0.1, -0.05) is 6.92 Å². The molecule has 2 aromatic heterocycles. The maximum absolute atomic E-state index is 12.1. The Morgan fingerprint density at radius 1 is 1.43 bits per heavy atom. The Hall–Kier alpha value is -2.37. The second-order valence-electron chi connectivity index (χ2n) is 5.58. The lowest BCUT2D eigenvalue weighted by atomic mass is 10.1. The molecule has 23 heavy (non-hydrogen) atoms. The lowest BCUT2D eigenvalue weighted by molar-refractivity contribution is -0.122. The number of aromatic nitrogens is 3. The summed E-state index contributed by atoms with van der Waals surface area (Å²) in [6, 6.07) is 3.66. The molecule has 6 heteroatoms. The van der Waals surface area contributed by atoms with Crippen molar-refractivity contribution in [2.24, 2.45) is 0 Å². The van der Waals surface area contributed by atoms with Crippen molar-refractivity contribution >= 4 is 5.91 Å². The van der Waals surface area contributed by atoms with Crippen LogP contribution in [0.5, 0.6) is 5.75 Å². The smallest absolute Gasteiger partial charge is 0.241 e. The molecule has 0 aliphatic rings. The summed E-state index contributed by atoms with van der Waals surface area (Å²) in [7, 11) is 0. The van der Waals surface area contributed by atoms with Gasteiger partial charge in [0.15, 0.2) is 0 Å². The molecule has 6 nitrogen and oxygen atoms in total. The van der Waals surface area contributed by atoms with E-state index in [9.17, 15) is 4.79 Å². The number of aryl methyl sites for hydroxylation is 1. The summed E-state index contributed by atoms with van der Waals surface area (Å²) in [5.74, 6) is 0.625. The van der Waals surface area contributed by atoms with Crippen LogP contribution in [-0.4, -0.2) is 33.3 Å². The van der Waals surface area contributed by atoms with Crippen LogP contribution in [0.1, 0.15) is 30.8 Å². The minimum atomic E-state index is -0.130. The van der Waals surface area contributed by atoms with Crippen LogP contribution >= 0.6 is 0 Å². The first-order valence-electron chi connectivity index (χ1n) is 7.87. The van der Waals surface area contributed by atoms with Crippen molar-refractivity contribution in [3.8, 4) is 5.75 Å². The second kappa shape index (κ2) is 7.76. The third-order valence-corrected chi connectivity index (χ3v) is 3.74. The van der Waals surface area contributed by atoms with Gasteiger partial charge in [0.25, 0.3) is 0 Å². The van der Waals surface area contributed by atoms with Gasteiger partial charge < -0.3 is 10.1 Å². The van der Waals surface area contributed by atoms with Gasteiger partial charge >= 0.3 is 0 Å². The van der Waals surface area contributed by atoms with Crippen molar-refractivity contribution < 1.29 is 9.53 Å². The molecule has 2 aromatic rings. The van der Waals surface area contributed by atoms with Gasteiger partial charge in [-0.15, -0.1) is 0 Å². The monoisotopic (exact) mass is 316 g/mol. The maximum Gasteiger partial charge on any atom is 0.241 e. The van der Waals surface area contributed by atoms with Crippen molar-refractivity contribution in [1.82, 2.24) is 20.1 Å². The average Bonchev–Trinajstić information content (AvgIpc) is 2.80. The zero-order valence-corrected chi connectivity index (χ0v) is 14.2. The summed E-state index contributed by atoms with van der Waals surface area (Å²) in [5.41, 5.74) is 3.26. The second-order valence-corrected chi connectivity index (χ2v) is 5.58. The number of nitrogens with one attached hydrogen (secondary N) is 1. The first-order chi connectivity index (χ1) is 11.0. The SMILES string of the molecule is CCc1c(C)nn(CC(=O)NC[C@H](C)Oc2cccnc2)c1C. The molecule has 0 bridgehead atoms. The molecule has 1 amide bonds. The van der Waals surface area contributed by atoms with Crippen molar-refractivity contribution in [2.45, 2.75) is 46.8 Å². The molecule has 0 unspecified atom stereocenters. The minimum absolute atomic E-state index is 0.0695. The van der Waals surface area contributed by atoms with E-state index >= 15 is 0 Å². The molecule has 0 aliphatic carbocycles. The Morgan fingerprint density at radius 2 is 2.22 bits per heavy atom. The topological polar surface area (TPSA) is 69.0 Å². The number of amides is 1. The van der Waals surface area contributed by atoms with E-state index in [2.05, 4.69) is 22.3 Å². The standard InChI is InChI=1S/C17H24N4O2/c1-5-16-13(3)20-21(14(16)4)11-17(22)19-9-12(2)23-15-7-6-8-18-10-15/h6-8,10,12H,5,9,11H2,1-4H3,(H,19,22)/t12-/m0/s1. The predicted molar refractivity (Wildman–Crippen MR) is 88.4 cm³/mol. The molecule has 0 spiro atoms. The first-order valence-corrected chi connectivity index (χ1v) is 7.87. The third kappa shape index (κ3) is 4.55. The summed E-state index contributed by atoms with van der Waals surface area (Å²) in [4.78, 5) is 16.1. The first kappa shape index (κ1) is 17.0. The summed E-state index contributed by atoms with van der Waals surface area (Å²) in [6.45, 7) is 8.65. The van der Waals surface area contributed by atoms with E-state index in [1.165, 1.54) is 5.56 Å². The molecular formula is C17H24N4O2. The minimum Gasteiger partial charge on any atom is -0.487 e. The third-order valence-electron chi connectivity index (χ3n) is 3.74. The van der Waals surface area contributed by atoms with E-state index in [1.807, 2.05) is 32.9 Å². The number of hydrogen-bond donors (Lipinski definition) is 1. The van der Waals surface area contributed by atoms with Gasteiger partial charge in [0.05, 0.1) is 18.4 Å². The molecule has 2 rings (SSSR count). The van der Waals surface area contributed by atoms with Gasteiger partial charge in [0.2, 0.25) is 5.91 Å². The molecule has 2 heterocycles. The Morgan fingerprint density at radius 3 is 2.83 bits per heavy atom. The molecule has 0 fully saturated rings. The van der Waals surface area contributed by atoms with E-state index in [4.69, 9.17) is 4.74 Å². The number of carbonyl (C=O) groups is 1. The van der Waals surface area contributed by atoms with Crippen molar-refractivity contribution in [2.75, 3.05) is 6.54 Å². The van der Waals surface area contributed by atoms with Crippen LogP contribution < -0.4 is 10.1 Å². The molecule has 0 saturated heterocycles. The average molecular weight is 316 g/mol. The Bertz CT molecular complexity index is 652. The molecule has 1 atom stereocenters. The van der Waals surface area contributed by atoms with Crippen LogP contribution in [0, 0.1) is 13.8 Å². The van der Waals surface area contributed by atoms with Crippen LogP contribution in [0.3, 0.4) is 0 Å². The zero-order chi connectivity index (χ0) is 16.8. The van der Waals surface area contributed by atoms with Gasteiger partial charge in [0, 0.05) is 11.9 Å². The fourth-order valence-electron chi connectivity index (χ4n) is 2.54. The molecule has 0 radical (unpaired) electrons. The van der Waals surface area contributed by atoms with Gasteiger partial charge in [0.1, 0.15) is 18.4 Å². The van der Waals surface area contributed by atoms with Gasteiger partial charge in [-0.25, -0.2) is 0 Å². The fourth-order valence-corrected chi connectivity index (χ4v) is 2.54. The lowest BCUT2D eigenvalue weighted by Crippen LogP contribution is -2.36. The molecule has 124 valence electrons. The normalized spacial score (nSPS) is 12.0. The van der Waals surface area contributed by atoms with Gasteiger partial charge in [-0.2, -0.15) is 5.10 Å². The number of hydrogen-bond acceptors (Lipinski definition) is 4. The molecular weight excluding hydrogens is 292 g/mol. The van der Waals surface area contributed by atoms with Crippen LogP contribution in [0.2, 0.25) is 0 Å². The highest BCUT2D eigenvalue weighted by Gasteiger charge is 2.13. The van der Waals surface area contributed by atoms with E-state index in [0.29, 0.717) is 12.3 Å². The summed E-state index contributed by atoms with van der Waals surface area (Å²) >= 11 is 0. The van der Waals surface area contributed by atoms with Crippen molar-refractivity contribution in [3.63, 3.8) is 0 Å². The zero-order valence-electron chi connectivity index (χ0n) is 14.2. The van der Waals surface area contributed by atoms with Gasteiger partial charge in [-0.3, -0.25) is 14.5 Å². The van der Waals surface area contributed by atoms with Crippen molar-refractivity contribution in [1.29, 1.82) is 0 Å². The Labute approximate surface area is 136 Å². The molecule has 0 aromatic carbocycles. The van der Waals surface area contributed by atoms with E-state index in [-0.39, 0.29) is 18.6 Å². The number of ether oxygens (including phenoxy) is 1. The predicted octanol–water partition coefficient (Wildman–Crippen LogP) is 2.04. The number of carbonyl (C=O) groups excluding carboxylic acids is 1. The number of rotatable bonds is 7. The highest BCUT2D eigenvalue weighted by Crippen LogP contribution is 2.13. The van der Waals surface area contributed by atoms with Crippen molar-refractivity contribution in [3.05, 3.63) is 41.5 Å². The summed E-state index contributed by atoms with van der Waals surface area (Å²) in [5, 5.41) is 7.31. The fraction of sp³-hybridized carbons (Fsp3) is 0.471. The van der Waals surface area contributed by atoms with E-state index in [1.54, 1.807) is 17.1 Å². The highest BCUT2D eigenvalue weighted by molar-refractivity contribution is 5.75. The molecule has 1 N–H and O–H groups in total. The van der Waals surface area contributed by atoms with Crippen LogP contribution in [-0.2, 0) is 17.8 Å². The molecule has 0 saturated carbocycles. The highest BCUT2D eigenvalue weighted by atomic mass is 16.5. The number of pyridine rings is 1. The molecule has 0 aliphatic heterocycles. The quantitative estimate of drug-likeness (QED) is 0.849.